The molecule has 1 amide bonds. The molecule has 110 valence electrons. The monoisotopic (exact) mass is 348 g/mol. The third-order valence-corrected chi connectivity index (χ3v) is 3.50. The lowest BCUT2D eigenvalue weighted by Crippen LogP contribution is -2.35. The molecule has 4 nitrogen and oxygen atoms in total. The van der Waals surface area contributed by atoms with Gasteiger partial charge in [-0.05, 0) is 12.5 Å². The molecule has 0 atom stereocenters. The van der Waals surface area contributed by atoms with Crippen LogP contribution < -0.4 is 5.43 Å². The molecule has 2 aromatic rings. The van der Waals surface area contributed by atoms with Crippen molar-refractivity contribution in [2.75, 3.05) is 11.9 Å². The number of halogens is 1. The fraction of sp³-hybridized carbons (Fsp3) is 0.250. The van der Waals surface area contributed by atoms with E-state index in [0.29, 0.717) is 18.4 Å². The van der Waals surface area contributed by atoms with Crippen molar-refractivity contribution in [1.82, 2.24) is 9.88 Å². The van der Waals surface area contributed by atoms with Gasteiger partial charge in [0.25, 0.3) is 5.91 Å². The van der Waals surface area contributed by atoms with Crippen LogP contribution in [-0.2, 0) is 6.54 Å². The number of nitrogens with zero attached hydrogens (tertiary/aromatic N) is 1. The SMILES string of the molecule is Cc1cc(=O)c(C(=O)N(CCBr)Cc2ccccc2)c[nH]1. The number of amides is 1. The van der Waals surface area contributed by atoms with E-state index < -0.39 is 0 Å². The molecular weight excluding hydrogens is 332 g/mol. The number of aromatic nitrogens is 1. The summed E-state index contributed by atoms with van der Waals surface area (Å²) >= 11 is 3.35. The van der Waals surface area contributed by atoms with Crippen molar-refractivity contribution in [3.8, 4) is 0 Å². The number of benzene rings is 1. The molecule has 1 aromatic heterocycles. The second-order valence-corrected chi connectivity index (χ2v) is 5.59. The third-order valence-electron chi connectivity index (χ3n) is 3.15. The summed E-state index contributed by atoms with van der Waals surface area (Å²) in [4.78, 5) is 29.1. The average Bonchev–Trinajstić information content (AvgIpc) is 2.47. The predicted octanol–water partition coefficient (Wildman–Crippen LogP) is 2.72. The van der Waals surface area contributed by atoms with Crippen molar-refractivity contribution in [3.05, 3.63) is 69.6 Å². The molecule has 0 aliphatic carbocycles. The van der Waals surface area contributed by atoms with Gasteiger partial charge < -0.3 is 9.88 Å². The number of nitrogens with one attached hydrogen (secondary N) is 1. The summed E-state index contributed by atoms with van der Waals surface area (Å²) in [5.41, 5.74) is 1.71. The summed E-state index contributed by atoms with van der Waals surface area (Å²) in [7, 11) is 0. The molecule has 5 heteroatoms. The van der Waals surface area contributed by atoms with Crippen molar-refractivity contribution in [3.63, 3.8) is 0 Å². The maximum Gasteiger partial charge on any atom is 0.259 e. The molecule has 1 heterocycles. The Balaban J connectivity index is 2.25. The smallest absolute Gasteiger partial charge is 0.259 e. The van der Waals surface area contributed by atoms with Crippen molar-refractivity contribution in [1.29, 1.82) is 0 Å². The largest absolute Gasteiger partial charge is 0.364 e. The third kappa shape index (κ3) is 4.04. The zero-order valence-electron chi connectivity index (χ0n) is 11.8. The van der Waals surface area contributed by atoms with Crippen LogP contribution in [-0.4, -0.2) is 27.7 Å². The number of alkyl halides is 1. The van der Waals surface area contributed by atoms with Crippen LogP contribution in [0, 0.1) is 6.92 Å². The van der Waals surface area contributed by atoms with Gasteiger partial charge in [-0.25, -0.2) is 0 Å². The molecule has 0 aliphatic rings. The summed E-state index contributed by atoms with van der Waals surface area (Å²) in [6.07, 6.45) is 1.49. The van der Waals surface area contributed by atoms with Crippen LogP contribution in [0.5, 0.6) is 0 Å². The fourth-order valence-electron chi connectivity index (χ4n) is 2.07. The summed E-state index contributed by atoms with van der Waals surface area (Å²) < 4.78 is 0. The second-order valence-electron chi connectivity index (χ2n) is 4.80. The van der Waals surface area contributed by atoms with E-state index in [-0.39, 0.29) is 16.9 Å². The Morgan fingerprint density at radius 3 is 2.62 bits per heavy atom. The van der Waals surface area contributed by atoms with Crippen molar-refractivity contribution in [2.24, 2.45) is 0 Å². The number of pyridine rings is 1. The normalized spacial score (nSPS) is 10.4. The van der Waals surface area contributed by atoms with Crippen LogP contribution >= 0.6 is 15.9 Å². The molecule has 0 bridgehead atoms. The molecule has 0 fully saturated rings. The number of hydrogen-bond donors (Lipinski definition) is 1. The molecule has 0 aliphatic heterocycles. The highest BCUT2D eigenvalue weighted by Gasteiger charge is 2.18. The molecule has 0 unspecified atom stereocenters. The van der Waals surface area contributed by atoms with Crippen molar-refractivity contribution >= 4 is 21.8 Å². The maximum absolute atomic E-state index is 12.6. The minimum atomic E-state index is -0.250. The Morgan fingerprint density at radius 1 is 1.29 bits per heavy atom. The van der Waals surface area contributed by atoms with E-state index >= 15 is 0 Å². The number of rotatable bonds is 5. The minimum absolute atomic E-state index is 0.178. The van der Waals surface area contributed by atoms with E-state index in [1.807, 2.05) is 30.3 Å². The van der Waals surface area contributed by atoms with Gasteiger partial charge in [-0.15, -0.1) is 0 Å². The number of H-pyrrole nitrogens is 1. The van der Waals surface area contributed by atoms with Crippen LogP contribution in [0.2, 0.25) is 0 Å². The van der Waals surface area contributed by atoms with Crippen LogP contribution in [0.15, 0.2) is 47.4 Å². The van der Waals surface area contributed by atoms with Crippen LogP contribution in [0.4, 0.5) is 0 Å². The quantitative estimate of drug-likeness (QED) is 0.844. The molecular formula is C16H17BrN2O2. The van der Waals surface area contributed by atoms with Crippen LogP contribution in [0.1, 0.15) is 21.6 Å². The Bertz CT molecular complexity index is 667. The summed E-state index contributed by atoms with van der Waals surface area (Å²) in [6, 6.07) is 11.2. The van der Waals surface area contributed by atoms with Crippen LogP contribution in [0.25, 0.3) is 0 Å². The zero-order valence-corrected chi connectivity index (χ0v) is 13.4. The molecule has 0 radical (unpaired) electrons. The van der Waals surface area contributed by atoms with Gasteiger partial charge in [0.1, 0.15) is 5.56 Å². The number of hydrogen-bond acceptors (Lipinski definition) is 2. The van der Waals surface area contributed by atoms with Gasteiger partial charge >= 0.3 is 0 Å². The summed E-state index contributed by atoms with van der Waals surface area (Å²) in [5, 5.41) is 0.662. The summed E-state index contributed by atoms with van der Waals surface area (Å²) in [5.74, 6) is -0.250. The average molecular weight is 349 g/mol. The van der Waals surface area contributed by atoms with Crippen molar-refractivity contribution < 1.29 is 4.79 Å². The minimum Gasteiger partial charge on any atom is -0.364 e. The highest BCUT2D eigenvalue weighted by molar-refractivity contribution is 9.09. The van der Waals surface area contributed by atoms with Gasteiger partial charge in [0.15, 0.2) is 5.43 Å². The lowest BCUT2D eigenvalue weighted by atomic mass is 10.1. The first-order valence-corrected chi connectivity index (χ1v) is 7.82. The second kappa shape index (κ2) is 7.22. The molecule has 1 aromatic carbocycles. The standard InChI is InChI=1S/C16H17BrN2O2/c1-12-9-15(20)14(10-18-12)16(21)19(8-7-17)11-13-5-3-2-4-6-13/h2-6,9-10H,7-8,11H2,1H3,(H,18,20). The van der Waals surface area contributed by atoms with E-state index in [2.05, 4.69) is 20.9 Å². The van der Waals surface area contributed by atoms with Gasteiger partial charge in [0, 0.05) is 36.4 Å². The predicted molar refractivity (Wildman–Crippen MR) is 86.8 cm³/mol. The molecule has 0 spiro atoms. The number of carbonyl (C=O) groups excluding carboxylic acids is 1. The molecule has 2 rings (SSSR count). The van der Waals surface area contributed by atoms with Gasteiger partial charge in [-0.2, -0.15) is 0 Å². The lowest BCUT2D eigenvalue weighted by molar-refractivity contribution is 0.0753. The van der Waals surface area contributed by atoms with Crippen LogP contribution in [0.3, 0.4) is 0 Å². The first-order valence-electron chi connectivity index (χ1n) is 6.70. The van der Waals surface area contributed by atoms with Gasteiger partial charge in [0.2, 0.25) is 0 Å². The van der Waals surface area contributed by atoms with E-state index in [1.165, 1.54) is 12.3 Å². The van der Waals surface area contributed by atoms with Gasteiger partial charge in [-0.1, -0.05) is 46.3 Å². The van der Waals surface area contributed by atoms with E-state index in [9.17, 15) is 9.59 Å². The Labute approximate surface area is 131 Å². The maximum atomic E-state index is 12.6. The Kier molecular flexibility index (Phi) is 5.33. The Hall–Kier alpha value is -1.88. The number of carbonyl (C=O) groups is 1. The molecule has 1 N–H and O–H groups in total. The molecule has 0 saturated heterocycles. The number of aromatic amines is 1. The summed E-state index contributed by atoms with van der Waals surface area (Å²) in [6.45, 7) is 2.81. The van der Waals surface area contributed by atoms with Gasteiger partial charge in [0.05, 0.1) is 0 Å². The van der Waals surface area contributed by atoms with E-state index in [0.717, 1.165) is 11.3 Å². The highest BCUT2D eigenvalue weighted by Crippen LogP contribution is 2.08. The first-order chi connectivity index (χ1) is 10.1. The van der Waals surface area contributed by atoms with E-state index in [1.54, 1.807) is 11.8 Å². The first kappa shape index (κ1) is 15.5. The lowest BCUT2D eigenvalue weighted by Gasteiger charge is -2.21. The highest BCUT2D eigenvalue weighted by atomic mass is 79.9. The topological polar surface area (TPSA) is 53.2 Å². The van der Waals surface area contributed by atoms with E-state index in [4.69, 9.17) is 0 Å². The zero-order chi connectivity index (χ0) is 15.2. The molecule has 0 saturated carbocycles. The van der Waals surface area contributed by atoms with Crippen molar-refractivity contribution in [2.45, 2.75) is 13.5 Å². The number of aryl methyl sites for hydroxylation is 1. The van der Waals surface area contributed by atoms with Gasteiger partial charge in [-0.3, -0.25) is 9.59 Å². The molecule has 21 heavy (non-hydrogen) atoms. The Morgan fingerprint density at radius 2 is 2.00 bits per heavy atom. The fourth-order valence-corrected chi connectivity index (χ4v) is 2.50.